The van der Waals surface area contributed by atoms with Crippen molar-refractivity contribution >= 4 is 39.7 Å². The van der Waals surface area contributed by atoms with Crippen LogP contribution in [0.2, 0.25) is 0 Å². The minimum Gasteiger partial charge on any atom is -0.382 e. The van der Waals surface area contributed by atoms with Crippen molar-refractivity contribution in [2.24, 2.45) is 0 Å². The van der Waals surface area contributed by atoms with Crippen LogP contribution in [-0.4, -0.2) is 46.7 Å². The molecule has 2 heterocycles. The Hall–Kier alpha value is -3.37. The number of carbonyl (C=O) groups is 2. The fourth-order valence-corrected chi connectivity index (χ4v) is 5.07. The number of thiazole rings is 1. The van der Waals surface area contributed by atoms with E-state index in [2.05, 4.69) is 34.4 Å². The van der Waals surface area contributed by atoms with Crippen LogP contribution < -0.4 is 16.4 Å². The first-order valence-corrected chi connectivity index (χ1v) is 12.6. The maximum absolute atomic E-state index is 14.0. The number of hydrogen-bond acceptors (Lipinski definition) is 7. The van der Waals surface area contributed by atoms with Crippen molar-refractivity contribution in [3.8, 4) is 0 Å². The van der Waals surface area contributed by atoms with Crippen LogP contribution in [0.15, 0.2) is 42.5 Å². The van der Waals surface area contributed by atoms with Gasteiger partial charge >= 0.3 is 0 Å². The van der Waals surface area contributed by atoms with E-state index in [0.29, 0.717) is 17.8 Å². The Labute approximate surface area is 212 Å². The van der Waals surface area contributed by atoms with E-state index < -0.39 is 23.0 Å². The number of ketones is 1. The molecule has 0 saturated carbocycles. The molecule has 4 N–H and O–H groups in total. The molecule has 1 saturated heterocycles. The van der Waals surface area contributed by atoms with Gasteiger partial charge in [-0.2, -0.15) is 0 Å². The predicted octanol–water partition coefficient (Wildman–Crippen LogP) is 4.97. The third-order valence-corrected chi connectivity index (χ3v) is 7.33. The molecule has 1 fully saturated rings. The van der Waals surface area contributed by atoms with Crippen molar-refractivity contribution < 1.29 is 18.4 Å². The van der Waals surface area contributed by atoms with E-state index in [0.717, 1.165) is 36.6 Å². The highest BCUT2D eigenvalue weighted by molar-refractivity contribution is 7.18. The molecule has 7 nitrogen and oxygen atoms in total. The summed E-state index contributed by atoms with van der Waals surface area (Å²) in [5, 5.41) is 6.33. The number of amides is 1. The summed E-state index contributed by atoms with van der Waals surface area (Å²) in [4.78, 5) is 31.8. The molecule has 36 heavy (non-hydrogen) atoms. The van der Waals surface area contributed by atoms with Crippen molar-refractivity contribution in [3.05, 3.63) is 70.1 Å². The van der Waals surface area contributed by atoms with Crippen LogP contribution in [0.3, 0.4) is 0 Å². The number of halogens is 2. The molecule has 1 aliphatic heterocycles. The largest absolute Gasteiger partial charge is 0.382 e. The predicted molar refractivity (Wildman–Crippen MR) is 138 cm³/mol. The Balaban J connectivity index is 1.39. The molecule has 1 aliphatic rings. The molecule has 4 rings (SSSR count). The smallest absolute Gasteiger partial charge is 0.251 e. The molecule has 3 aromatic rings. The number of nitrogens with one attached hydrogen (secondary N) is 2. The summed E-state index contributed by atoms with van der Waals surface area (Å²) in [5.41, 5.74) is 6.20. The second kappa shape index (κ2) is 10.7. The topological polar surface area (TPSA) is 100 Å². The lowest BCUT2D eigenvalue weighted by molar-refractivity contribution is 0.0797. The number of piperidine rings is 1. The minimum absolute atomic E-state index is 0.0613. The van der Waals surface area contributed by atoms with E-state index in [1.807, 2.05) is 0 Å². The average molecular weight is 514 g/mol. The number of nitrogen functional groups attached to an aromatic ring is 1. The number of nitrogens with zero attached hydrogens (tertiary/aromatic N) is 2. The first-order valence-electron chi connectivity index (χ1n) is 11.8. The van der Waals surface area contributed by atoms with Crippen molar-refractivity contribution in [1.29, 1.82) is 0 Å². The van der Waals surface area contributed by atoms with Crippen molar-refractivity contribution in [1.82, 2.24) is 15.2 Å². The van der Waals surface area contributed by atoms with Crippen molar-refractivity contribution in [2.75, 3.05) is 30.7 Å². The molecular weight excluding hydrogens is 484 g/mol. The fourth-order valence-electron chi connectivity index (χ4n) is 4.21. The zero-order chi connectivity index (χ0) is 25.9. The van der Waals surface area contributed by atoms with Gasteiger partial charge in [-0.1, -0.05) is 23.8 Å². The van der Waals surface area contributed by atoms with Gasteiger partial charge in [0.05, 0.1) is 5.56 Å². The average Bonchev–Trinajstić information content (AvgIpc) is 3.23. The van der Waals surface area contributed by atoms with E-state index in [1.54, 1.807) is 24.3 Å². The number of carbonyl (C=O) groups excluding carboxylic acids is 2. The highest BCUT2D eigenvalue weighted by atomic mass is 32.1. The highest BCUT2D eigenvalue weighted by Crippen LogP contribution is 2.31. The van der Waals surface area contributed by atoms with Gasteiger partial charge in [0.2, 0.25) is 5.78 Å². The van der Waals surface area contributed by atoms with Crippen LogP contribution in [0.25, 0.3) is 0 Å². The van der Waals surface area contributed by atoms with Crippen LogP contribution in [0.4, 0.5) is 25.4 Å². The van der Waals surface area contributed by atoms with Crippen LogP contribution >= 0.6 is 11.3 Å². The second-order valence-electron chi connectivity index (χ2n) is 9.40. The molecule has 0 radical (unpaired) electrons. The molecule has 0 bridgehead atoms. The summed E-state index contributed by atoms with van der Waals surface area (Å²) in [6, 6.07) is 10.00. The molecule has 0 aliphatic carbocycles. The van der Waals surface area contributed by atoms with Crippen LogP contribution in [0.1, 0.15) is 58.7 Å². The summed E-state index contributed by atoms with van der Waals surface area (Å²) in [6.07, 6.45) is 3.63. The third-order valence-electron chi connectivity index (χ3n) is 6.34. The van der Waals surface area contributed by atoms with Crippen LogP contribution in [0, 0.1) is 11.6 Å². The first kappa shape index (κ1) is 25.7. The fraction of sp³-hybridized carbons (Fsp3) is 0.346. The highest BCUT2D eigenvalue weighted by Gasteiger charge is 2.28. The van der Waals surface area contributed by atoms with Gasteiger partial charge < -0.3 is 16.4 Å². The van der Waals surface area contributed by atoms with Gasteiger partial charge in [0.1, 0.15) is 22.3 Å². The molecule has 2 aromatic carbocycles. The summed E-state index contributed by atoms with van der Waals surface area (Å²) in [7, 11) is 0. The number of benzene rings is 2. The Kier molecular flexibility index (Phi) is 7.65. The van der Waals surface area contributed by atoms with E-state index >= 15 is 0 Å². The van der Waals surface area contributed by atoms with E-state index in [1.165, 1.54) is 25.3 Å². The van der Waals surface area contributed by atoms with Crippen LogP contribution in [-0.2, 0) is 0 Å². The number of nitrogens with two attached hydrogens (primary N) is 1. The molecule has 190 valence electrons. The van der Waals surface area contributed by atoms with Gasteiger partial charge in [-0.15, -0.1) is 0 Å². The monoisotopic (exact) mass is 513 g/mol. The van der Waals surface area contributed by atoms with E-state index in [-0.39, 0.29) is 27.3 Å². The molecule has 1 aromatic heterocycles. The van der Waals surface area contributed by atoms with E-state index in [4.69, 9.17) is 5.73 Å². The quantitative estimate of drug-likeness (QED) is 0.368. The Bertz CT molecular complexity index is 1230. The SMILES string of the molecule is CC(C)(CNC(=O)c1ccc(Nc2nc(N)c(C(=O)c3c(F)cccc3F)s2)cc1)N1CCCCC1. The Morgan fingerprint density at radius 2 is 1.69 bits per heavy atom. The summed E-state index contributed by atoms with van der Waals surface area (Å²) < 4.78 is 28.0. The van der Waals surface area contributed by atoms with Gasteiger partial charge in [0.25, 0.3) is 5.91 Å². The number of likely N-dealkylation sites (tertiary alicyclic amines) is 1. The van der Waals surface area contributed by atoms with Crippen molar-refractivity contribution in [2.45, 2.75) is 38.6 Å². The number of aromatic nitrogens is 1. The molecule has 0 unspecified atom stereocenters. The maximum Gasteiger partial charge on any atom is 0.251 e. The zero-order valence-corrected chi connectivity index (χ0v) is 21.1. The standard InChI is InChI=1S/C26H29F2N5O2S/c1-26(2,33-13-4-3-5-14-33)15-30-24(35)16-9-11-17(12-10-16)31-25-32-23(29)22(36-25)21(34)20-18(27)7-6-8-19(20)28/h6-12H,3-5,13-15,29H2,1-2H3,(H,30,35)(H,31,32). The van der Waals surface area contributed by atoms with Gasteiger partial charge in [0.15, 0.2) is 5.13 Å². The zero-order valence-electron chi connectivity index (χ0n) is 20.2. The number of anilines is 3. The Morgan fingerprint density at radius 3 is 2.33 bits per heavy atom. The van der Waals surface area contributed by atoms with E-state index in [9.17, 15) is 18.4 Å². The maximum atomic E-state index is 14.0. The first-order chi connectivity index (χ1) is 17.2. The van der Waals surface area contributed by atoms with Crippen LogP contribution in [0.5, 0.6) is 0 Å². The lowest BCUT2D eigenvalue weighted by atomic mass is 9.98. The lowest BCUT2D eigenvalue weighted by Gasteiger charge is -2.41. The molecule has 1 amide bonds. The normalized spacial score (nSPS) is 14.4. The summed E-state index contributed by atoms with van der Waals surface area (Å²) >= 11 is 0.895. The molecule has 10 heteroatoms. The second-order valence-corrected chi connectivity index (χ2v) is 10.4. The molecule has 0 spiro atoms. The molecule has 0 atom stereocenters. The van der Waals surface area contributed by atoms with Gasteiger partial charge in [-0.25, -0.2) is 13.8 Å². The number of rotatable bonds is 8. The van der Waals surface area contributed by atoms with Gasteiger partial charge in [-0.3, -0.25) is 14.5 Å². The summed E-state index contributed by atoms with van der Waals surface area (Å²) in [6.45, 7) is 6.93. The third kappa shape index (κ3) is 5.71. The Morgan fingerprint density at radius 1 is 1.06 bits per heavy atom. The molecular formula is C26H29F2N5O2S. The van der Waals surface area contributed by atoms with Gasteiger partial charge in [-0.05, 0) is 76.2 Å². The summed E-state index contributed by atoms with van der Waals surface area (Å²) in [5.74, 6) is -3.08. The van der Waals surface area contributed by atoms with Crippen molar-refractivity contribution in [3.63, 3.8) is 0 Å². The van der Waals surface area contributed by atoms with Gasteiger partial charge in [0, 0.05) is 23.3 Å². The minimum atomic E-state index is -0.963. The lowest BCUT2D eigenvalue weighted by Crippen LogP contribution is -2.53. The number of hydrogen-bond donors (Lipinski definition) is 3.